The minimum atomic E-state index is -1.56. The second-order valence-electron chi connectivity index (χ2n) is 6.59. The second-order valence-corrected chi connectivity index (χ2v) is 6.59. The highest BCUT2D eigenvalue weighted by Gasteiger charge is 2.26. The Morgan fingerprint density at radius 2 is 1.81 bits per heavy atom. The number of carbonyl (C=O) groups is 2. The third kappa shape index (κ3) is 5.32. The molecule has 0 bridgehead atoms. The fraction of sp³-hybridized carbons (Fsp3) is 0.143. The van der Waals surface area contributed by atoms with E-state index in [0.29, 0.717) is 11.6 Å². The van der Waals surface area contributed by atoms with Crippen LogP contribution in [0, 0.1) is 11.6 Å². The minimum Gasteiger partial charge on any atom is -0.501 e. The molecule has 0 aliphatic rings. The summed E-state index contributed by atoms with van der Waals surface area (Å²) in [5.74, 6) is -6.04. The van der Waals surface area contributed by atoms with E-state index in [4.69, 9.17) is 10.5 Å². The van der Waals surface area contributed by atoms with Gasteiger partial charge in [-0.25, -0.2) is 18.6 Å². The molecule has 0 aliphatic carbocycles. The molecular formula is C21H18F2N4O5. The van der Waals surface area contributed by atoms with Crippen LogP contribution >= 0.6 is 0 Å². The van der Waals surface area contributed by atoms with Crippen LogP contribution in [0.15, 0.2) is 48.5 Å². The van der Waals surface area contributed by atoms with Gasteiger partial charge in [-0.2, -0.15) is 4.98 Å². The van der Waals surface area contributed by atoms with Crippen LogP contribution in [0.2, 0.25) is 0 Å². The molecule has 1 heterocycles. The van der Waals surface area contributed by atoms with E-state index >= 15 is 0 Å². The molecule has 3 rings (SSSR count). The molecule has 3 aromatic rings. The van der Waals surface area contributed by atoms with E-state index in [1.165, 1.54) is 0 Å². The topological polar surface area (TPSA) is 148 Å². The summed E-state index contributed by atoms with van der Waals surface area (Å²) in [5, 5.41) is 22.0. The van der Waals surface area contributed by atoms with Crippen LogP contribution in [0.25, 0.3) is 0 Å². The number of nitrogens with one attached hydrogen (secondary N) is 1. The van der Waals surface area contributed by atoms with Crippen LogP contribution in [-0.4, -0.2) is 32.1 Å². The first-order valence-electron chi connectivity index (χ1n) is 9.24. The molecule has 166 valence electrons. The molecule has 5 N–H and O–H groups in total. The summed E-state index contributed by atoms with van der Waals surface area (Å²) in [6.45, 7) is -0.441. The summed E-state index contributed by atoms with van der Waals surface area (Å²) < 4.78 is 31.8. The van der Waals surface area contributed by atoms with Crippen molar-refractivity contribution in [3.8, 4) is 11.6 Å². The van der Waals surface area contributed by atoms with Crippen molar-refractivity contribution in [2.75, 3.05) is 0 Å². The van der Waals surface area contributed by atoms with Gasteiger partial charge in [0.15, 0.2) is 17.6 Å². The molecule has 0 saturated carbocycles. The first-order valence-corrected chi connectivity index (χ1v) is 9.24. The Morgan fingerprint density at radius 1 is 1.09 bits per heavy atom. The Bertz CT molecular complexity index is 1140. The largest absolute Gasteiger partial charge is 0.501 e. The summed E-state index contributed by atoms with van der Waals surface area (Å²) >= 11 is 0. The van der Waals surface area contributed by atoms with E-state index in [9.17, 15) is 28.6 Å². The van der Waals surface area contributed by atoms with Crippen LogP contribution in [-0.2, 0) is 22.7 Å². The van der Waals surface area contributed by atoms with Gasteiger partial charge in [-0.3, -0.25) is 4.79 Å². The van der Waals surface area contributed by atoms with Crippen LogP contribution < -0.4 is 11.1 Å². The Kier molecular flexibility index (Phi) is 6.90. The lowest BCUT2D eigenvalue weighted by molar-refractivity contribution is -0.146. The van der Waals surface area contributed by atoms with E-state index in [0.717, 1.165) is 12.1 Å². The normalized spacial score (nSPS) is 11.6. The number of amides is 1. The van der Waals surface area contributed by atoms with Crippen LogP contribution in [0.4, 0.5) is 8.78 Å². The Labute approximate surface area is 180 Å². The van der Waals surface area contributed by atoms with E-state index in [1.54, 1.807) is 30.3 Å². The summed E-state index contributed by atoms with van der Waals surface area (Å²) in [5.41, 5.74) is 5.76. The van der Waals surface area contributed by atoms with Gasteiger partial charge >= 0.3 is 5.97 Å². The highest BCUT2D eigenvalue weighted by Crippen LogP contribution is 2.27. The number of benzene rings is 2. The van der Waals surface area contributed by atoms with Crippen molar-refractivity contribution in [1.29, 1.82) is 0 Å². The number of esters is 1. The van der Waals surface area contributed by atoms with Crippen LogP contribution in [0.5, 0.6) is 11.6 Å². The molecule has 1 amide bonds. The van der Waals surface area contributed by atoms with Crippen molar-refractivity contribution >= 4 is 11.9 Å². The van der Waals surface area contributed by atoms with Gasteiger partial charge in [-0.15, -0.1) is 0 Å². The first-order chi connectivity index (χ1) is 15.3. The zero-order valence-corrected chi connectivity index (χ0v) is 16.5. The molecule has 32 heavy (non-hydrogen) atoms. The van der Waals surface area contributed by atoms with E-state index in [1.807, 2.05) is 0 Å². The summed E-state index contributed by atoms with van der Waals surface area (Å²) in [6.07, 6.45) is 0. The molecule has 1 unspecified atom stereocenters. The van der Waals surface area contributed by atoms with Gasteiger partial charge < -0.3 is 26.0 Å². The maximum atomic E-state index is 13.7. The fourth-order valence-electron chi connectivity index (χ4n) is 2.61. The Hall–Kier alpha value is -4.12. The number of hydrogen-bond acceptors (Lipinski definition) is 8. The van der Waals surface area contributed by atoms with E-state index in [2.05, 4.69) is 15.3 Å². The van der Waals surface area contributed by atoms with Gasteiger partial charge in [0, 0.05) is 18.2 Å². The third-order valence-corrected chi connectivity index (χ3v) is 4.31. The van der Waals surface area contributed by atoms with E-state index < -0.39 is 52.7 Å². The number of hydrogen-bond donors (Lipinski definition) is 4. The van der Waals surface area contributed by atoms with Crippen molar-refractivity contribution in [1.82, 2.24) is 15.3 Å². The van der Waals surface area contributed by atoms with Crippen LogP contribution in [0.3, 0.4) is 0 Å². The average Bonchev–Trinajstić information content (AvgIpc) is 2.78. The predicted molar refractivity (Wildman–Crippen MR) is 106 cm³/mol. The zero-order valence-electron chi connectivity index (χ0n) is 16.5. The van der Waals surface area contributed by atoms with Crippen molar-refractivity contribution in [2.24, 2.45) is 5.73 Å². The number of rotatable bonds is 7. The zero-order chi connectivity index (χ0) is 23.3. The number of carbonyl (C=O) groups excluding carboxylic acids is 2. The molecule has 9 nitrogen and oxygen atoms in total. The number of nitrogens with zero attached hydrogens (tertiary/aromatic N) is 2. The molecule has 0 aliphatic heterocycles. The Morgan fingerprint density at radius 3 is 2.50 bits per heavy atom. The number of aromatic nitrogens is 2. The number of nitrogens with two attached hydrogens (primary N) is 1. The van der Waals surface area contributed by atoms with Crippen molar-refractivity contribution in [3.63, 3.8) is 0 Å². The lowest BCUT2D eigenvalue weighted by Gasteiger charge is -2.13. The van der Waals surface area contributed by atoms with E-state index in [-0.39, 0.29) is 18.7 Å². The minimum absolute atomic E-state index is 0.0288. The SMILES string of the molecule is NC(C(=O)OCc1ccccc1)c1nc(O)c(O)c(C(=O)NCc2ccc(F)cc2F)n1. The number of aromatic hydroxyl groups is 2. The fourth-order valence-corrected chi connectivity index (χ4v) is 2.61. The van der Waals surface area contributed by atoms with Gasteiger partial charge in [0.2, 0.25) is 5.75 Å². The highest BCUT2D eigenvalue weighted by molar-refractivity contribution is 5.95. The molecule has 0 spiro atoms. The summed E-state index contributed by atoms with van der Waals surface area (Å²) in [6, 6.07) is 9.99. The maximum Gasteiger partial charge on any atom is 0.331 e. The quantitative estimate of drug-likeness (QED) is 0.404. The monoisotopic (exact) mass is 444 g/mol. The van der Waals surface area contributed by atoms with Crippen molar-refractivity contribution < 1.29 is 33.3 Å². The van der Waals surface area contributed by atoms with Gasteiger partial charge in [0.05, 0.1) is 0 Å². The molecule has 0 radical (unpaired) electrons. The maximum absolute atomic E-state index is 13.7. The predicted octanol–water partition coefficient (Wildman–Crippen LogP) is 1.84. The highest BCUT2D eigenvalue weighted by atomic mass is 19.1. The second kappa shape index (κ2) is 9.79. The Balaban J connectivity index is 1.72. The summed E-state index contributed by atoms with van der Waals surface area (Å²) in [7, 11) is 0. The molecule has 11 heteroatoms. The van der Waals surface area contributed by atoms with Gasteiger partial charge in [-0.05, 0) is 11.6 Å². The average molecular weight is 444 g/mol. The molecule has 0 saturated heterocycles. The lowest BCUT2D eigenvalue weighted by atomic mass is 10.2. The van der Waals surface area contributed by atoms with Crippen LogP contribution in [0.1, 0.15) is 33.5 Å². The molecule has 0 fully saturated rings. The molecule has 2 aromatic carbocycles. The third-order valence-electron chi connectivity index (χ3n) is 4.31. The number of halogens is 2. The molecule has 1 aromatic heterocycles. The van der Waals surface area contributed by atoms with Gasteiger partial charge in [0.25, 0.3) is 11.8 Å². The van der Waals surface area contributed by atoms with Crippen molar-refractivity contribution in [3.05, 3.63) is 82.8 Å². The van der Waals surface area contributed by atoms with Gasteiger partial charge in [0.1, 0.15) is 18.2 Å². The number of ether oxygens (including phenoxy) is 1. The lowest BCUT2D eigenvalue weighted by Crippen LogP contribution is -2.29. The van der Waals surface area contributed by atoms with Crippen molar-refractivity contribution in [2.45, 2.75) is 19.2 Å². The molecule has 1 atom stereocenters. The smallest absolute Gasteiger partial charge is 0.331 e. The molecular weight excluding hydrogens is 426 g/mol. The van der Waals surface area contributed by atoms with Gasteiger partial charge in [-0.1, -0.05) is 36.4 Å². The standard InChI is InChI=1S/C21H18F2N4O5/c22-13-7-6-12(14(23)8-13)9-25-19(29)16-17(28)20(30)27-18(26-16)15(24)21(31)32-10-11-4-2-1-3-5-11/h1-8,15,28H,9-10,24H2,(H,25,29)(H,26,27,30). The summed E-state index contributed by atoms with van der Waals surface area (Å²) in [4.78, 5) is 31.9. The first kappa shape index (κ1) is 22.6.